The minimum Gasteiger partial charge on any atom is -0.393 e. The molecule has 2 atom stereocenters. The van der Waals surface area contributed by atoms with Gasteiger partial charge in [-0.1, -0.05) is 0 Å². The summed E-state index contributed by atoms with van der Waals surface area (Å²) in [6.45, 7) is 0.0192. The lowest BCUT2D eigenvalue weighted by Crippen LogP contribution is -2.37. The number of hydrogen-bond donors (Lipinski definition) is 2. The van der Waals surface area contributed by atoms with Gasteiger partial charge in [0.15, 0.2) is 0 Å². The Labute approximate surface area is 104 Å². The van der Waals surface area contributed by atoms with Gasteiger partial charge in [-0.15, -0.1) is 0 Å². The van der Waals surface area contributed by atoms with E-state index in [0.717, 1.165) is 25.7 Å². The van der Waals surface area contributed by atoms with Crippen molar-refractivity contribution < 1.29 is 9.84 Å². The summed E-state index contributed by atoms with van der Waals surface area (Å²) in [5.41, 5.74) is 4.61. The van der Waals surface area contributed by atoms with Crippen LogP contribution in [0.4, 0.5) is 5.82 Å². The van der Waals surface area contributed by atoms with Crippen LogP contribution in [0.15, 0.2) is 17.1 Å². The van der Waals surface area contributed by atoms with Gasteiger partial charge >= 0.3 is 5.69 Å². The summed E-state index contributed by atoms with van der Waals surface area (Å²) < 4.78 is 7.42. The third-order valence-electron chi connectivity index (χ3n) is 3.94. The molecule has 98 valence electrons. The molecule has 6 nitrogen and oxygen atoms in total. The van der Waals surface area contributed by atoms with E-state index in [0.29, 0.717) is 5.92 Å². The van der Waals surface area contributed by atoms with Gasteiger partial charge in [0.05, 0.1) is 12.2 Å². The summed E-state index contributed by atoms with van der Waals surface area (Å²) >= 11 is 0. The highest BCUT2D eigenvalue weighted by Gasteiger charge is 2.51. The Kier molecular flexibility index (Phi) is 2.64. The molecule has 1 aliphatic carbocycles. The Hall–Kier alpha value is -1.40. The number of aliphatic hydroxyl groups excluding tert-OH is 1. The van der Waals surface area contributed by atoms with Crippen LogP contribution in [0, 0.1) is 5.92 Å². The van der Waals surface area contributed by atoms with Crippen molar-refractivity contribution in [3.8, 4) is 0 Å². The Morgan fingerprint density at radius 1 is 1.56 bits per heavy atom. The number of nitrogen functional groups attached to an aromatic ring is 1. The zero-order chi connectivity index (χ0) is 12.8. The maximum absolute atomic E-state index is 11.7. The van der Waals surface area contributed by atoms with Crippen molar-refractivity contribution in [2.75, 3.05) is 12.3 Å². The third kappa shape index (κ3) is 1.81. The van der Waals surface area contributed by atoms with Crippen molar-refractivity contribution in [2.24, 2.45) is 5.92 Å². The lowest BCUT2D eigenvalue weighted by Gasteiger charge is -2.27. The van der Waals surface area contributed by atoms with Crippen molar-refractivity contribution in [3.05, 3.63) is 22.7 Å². The average Bonchev–Trinajstić information content (AvgIpc) is 3.11. The van der Waals surface area contributed by atoms with Crippen LogP contribution >= 0.6 is 0 Å². The Morgan fingerprint density at radius 2 is 2.33 bits per heavy atom. The number of nitrogens with zero attached hydrogens (tertiary/aromatic N) is 2. The Balaban J connectivity index is 1.85. The fraction of sp³-hybridized carbons (Fsp3) is 0.667. The van der Waals surface area contributed by atoms with Gasteiger partial charge in [-0.3, -0.25) is 4.57 Å². The number of aromatic nitrogens is 2. The molecule has 1 aliphatic heterocycles. The normalized spacial score (nSPS) is 31.7. The average molecular weight is 251 g/mol. The van der Waals surface area contributed by atoms with Gasteiger partial charge in [0, 0.05) is 6.20 Å². The molecule has 0 amide bonds. The molecule has 0 radical (unpaired) electrons. The van der Waals surface area contributed by atoms with Crippen molar-refractivity contribution in [1.82, 2.24) is 9.55 Å². The van der Waals surface area contributed by atoms with Gasteiger partial charge in [-0.25, -0.2) is 4.79 Å². The number of anilines is 1. The summed E-state index contributed by atoms with van der Waals surface area (Å²) in [6.07, 6.45) is 4.98. The molecule has 1 aromatic heterocycles. The molecule has 0 aromatic carbocycles. The van der Waals surface area contributed by atoms with Crippen LogP contribution in [0.25, 0.3) is 0 Å². The molecule has 0 bridgehead atoms. The molecule has 18 heavy (non-hydrogen) atoms. The van der Waals surface area contributed by atoms with Crippen LogP contribution in [0.3, 0.4) is 0 Å². The Morgan fingerprint density at radius 3 is 2.94 bits per heavy atom. The highest BCUT2D eigenvalue weighted by atomic mass is 16.5. The van der Waals surface area contributed by atoms with Crippen molar-refractivity contribution in [3.63, 3.8) is 0 Å². The zero-order valence-corrected chi connectivity index (χ0v) is 10.1. The van der Waals surface area contributed by atoms with Crippen LogP contribution < -0.4 is 11.4 Å². The van der Waals surface area contributed by atoms with E-state index in [4.69, 9.17) is 10.5 Å². The predicted octanol–water partition coefficient (Wildman–Crippen LogP) is 0.276. The van der Waals surface area contributed by atoms with Crippen LogP contribution in [-0.2, 0) is 4.74 Å². The topological polar surface area (TPSA) is 90.4 Å². The number of nitrogens with two attached hydrogens (primary N) is 1. The molecule has 1 saturated heterocycles. The number of ether oxygens (including phenoxy) is 1. The van der Waals surface area contributed by atoms with Gasteiger partial charge in [0.1, 0.15) is 12.0 Å². The molecule has 6 heteroatoms. The molecular formula is C12H17N3O3. The number of rotatable bonds is 3. The minimum atomic E-state index is -0.453. The first kappa shape index (κ1) is 11.7. The molecule has 1 aromatic rings. The van der Waals surface area contributed by atoms with Crippen molar-refractivity contribution in [2.45, 2.75) is 37.5 Å². The van der Waals surface area contributed by atoms with Gasteiger partial charge in [0.2, 0.25) is 0 Å². The quantitative estimate of drug-likeness (QED) is 0.805. The smallest absolute Gasteiger partial charge is 0.351 e. The SMILES string of the molecule is Nc1ccn(C2CCC(CO)(C3CC3)O2)c(=O)n1. The third-order valence-corrected chi connectivity index (χ3v) is 3.94. The van der Waals surface area contributed by atoms with E-state index in [1.807, 2.05) is 0 Å². The second-order valence-electron chi connectivity index (χ2n) is 5.15. The molecule has 3 N–H and O–H groups in total. The van der Waals surface area contributed by atoms with Crippen LogP contribution in [0.1, 0.15) is 31.9 Å². The fourth-order valence-electron chi connectivity index (χ4n) is 2.75. The Bertz CT molecular complexity index is 512. The molecule has 0 spiro atoms. The molecule has 3 rings (SSSR count). The molecule has 2 unspecified atom stereocenters. The second kappa shape index (κ2) is 4.07. The van der Waals surface area contributed by atoms with Crippen LogP contribution in [0.2, 0.25) is 0 Å². The standard InChI is InChI=1S/C12H17N3O3/c13-9-4-6-15(11(17)14-9)10-3-5-12(7-16,18-10)8-1-2-8/h4,6,8,10,16H,1-3,5,7H2,(H2,13,14,17). The van der Waals surface area contributed by atoms with Crippen molar-refractivity contribution in [1.29, 1.82) is 0 Å². The van der Waals surface area contributed by atoms with E-state index >= 15 is 0 Å². The monoisotopic (exact) mass is 251 g/mol. The highest BCUT2D eigenvalue weighted by molar-refractivity contribution is 5.23. The molecule has 2 fully saturated rings. The maximum atomic E-state index is 11.7. The number of hydrogen-bond acceptors (Lipinski definition) is 5. The van der Waals surface area contributed by atoms with E-state index in [1.165, 1.54) is 4.57 Å². The van der Waals surface area contributed by atoms with E-state index in [1.54, 1.807) is 12.3 Å². The summed E-state index contributed by atoms with van der Waals surface area (Å²) in [5, 5.41) is 9.56. The predicted molar refractivity (Wildman–Crippen MR) is 64.8 cm³/mol. The largest absolute Gasteiger partial charge is 0.393 e. The fourth-order valence-corrected chi connectivity index (χ4v) is 2.75. The van der Waals surface area contributed by atoms with Crippen LogP contribution in [0.5, 0.6) is 0 Å². The lowest BCUT2D eigenvalue weighted by molar-refractivity contribution is -0.112. The van der Waals surface area contributed by atoms with Crippen LogP contribution in [-0.4, -0.2) is 26.9 Å². The van der Waals surface area contributed by atoms with Gasteiger partial charge in [-0.05, 0) is 37.7 Å². The van der Waals surface area contributed by atoms with Gasteiger partial charge in [-0.2, -0.15) is 4.98 Å². The number of aliphatic hydroxyl groups is 1. The zero-order valence-electron chi connectivity index (χ0n) is 10.1. The second-order valence-corrected chi connectivity index (χ2v) is 5.15. The van der Waals surface area contributed by atoms with E-state index in [9.17, 15) is 9.90 Å². The summed E-state index contributed by atoms with van der Waals surface area (Å²) in [6, 6.07) is 1.58. The van der Waals surface area contributed by atoms with E-state index in [2.05, 4.69) is 4.98 Å². The first-order chi connectivity index (χ1) is 8.64. The first-order valence-corrected chi connectivity index (χ1v) is 6.28. The minimum absolute atomic E-state index is 0.0192. The lowest BCUT2D eigenvalue weighted by atomic mass is 9.95. The van der Waals surface area contributed by atoms with E-state index < -0.39 is 11.3 Å². The first-order valence-electron chi connectivity index (χ1n) is 6.28. The summed E-state index contributed by atoms with van der Waals surface area (Å²) in [5.74, 6) is 0.648. The maximum Gasteiger partial charge on any atom is 0.351 e. The van der Waals surface area contributed by atoms with Gasteiger partial charge < -0.3 is 15.6 Å². The molecule has 2 aliphatic rings. The van der Waals surface area contributed by atoms with Gasteiger partial charge in [0.25, 0.3) is 0 Å². The van der Waals surface area contributed by atoms with Crippen molar-refractivity contribution >= 4 is 5.82 Å². The summed E-state index contributed by atoms with van der Waals surface area (Å²) in [4.78, 5) is 15.4. The van der Waals surface area contributed by atoms with E-state index in [-0.39, 0.29) is 18.7 Å². The molecular weight excluding hydrogens is 234 g/mol. The highest BCUT2D eigenvalue weighted by Crippen LogP contribution is 2.50. The molecule has 2 heterocycles. The summed E-state index contributed by atoms with van der Waals surface area (Å²) in [7, 11) is 0. The molecule has 1 saturated carbocycles.